The molecule has 0 atom stereocenters. The maximum absolute atomic E-state index is 13.7. The number of benzene rings is 2. The number of aromatic amines is 1. The fourth-order valence-electron chi connectivity index (χ4n) is 2.28. The average Bonchev–Trinajstić information content (AvgIpc) is 3.10. The number of hydrogen-bond acceptors (Lipinski definition) is 4. The van der Waals surface area contributed by atoms with E-state index in [1.807, 2.05) is 0 Å². The Bertz CT molecular complexity index is 929. The molecule has 0 radical (unpaired) electrons. The number of aryl methyl sites for hydroxylation is 1. The lowest BCUT2D eigenvalue weighted by Gasteiger charge is -2.05. The van der Waals surface area contributed by atoms with Gasteiger partial charge in [-0.1, -0.05) is 36.0 Å². The quantitative estimate of drug-likeness (QED) is 0.648. The molecule has 0 bridgehead atoms. The second-order valence-electron chi connectivity index (χ2n) is 5.60. The summed E-state index contributed by atoms with van der Waals surface area (Å²) < 4.78 is 27.0. The minimum Gasteiger partial charge on any atom is -0.351 e. The second kappa shape index (κ2) is 8.09. The lowest BCUT2D eigenvalue weighted by molar-refractivity contribution is -0.118. The van der Waals surface area contributed by atoms with E-state index >= 15 is 0 Å². The minimum atomic E-state index is -0.396. The molecule has 26 heavy (non-hydrogen) atoms. The molecule has 0 spiro atoms. The maximum Gasteiger partial charge on any atom is 0.230 e. The van der Waals surface area contributed by atoms with Crippen molar-refractivity contribution in [1.82, 2.24) is 20.5 Å². The van der Waals surface area contributed by atoms with Crippen LogP contribution in [0.2, 0.25) is 0 Å². The van der Waals surface area contributed by atoms with E-state index < -0.39 is 5.82 Å². The molecule has 2 N–H and O–H groups in total. The van der Waals surface area contributed by atoms with Crippen LogP contribution in [0, 0.1) is 18.6 Å². The van der Waals surface area contributed by atoms with Crippen molar-refractivity contribution in [3.05, 3.63) is 65.2 Å². The fraction of sp³-hybridized carbons (Fsp3) is 0.167. The molecule has 8 heteroatoms. The number of thioether (sulfide) groups is 1. The number of nitrogens with zero attached hydrogens (tertiary/aromatic N) is 2. The Morgan fingerprint density at radius 3 is 2.77 bits per heavy atom. The number of rotatable bonds is 6. The fourth-order valence-corrected chi connectivity index (χ4v) is 2.91. The Morgan fingerprint density at radius 2 is 2.00 bits per heavy atom. The Kier molecular flexibility index (Phi) is 5.62. The smallest absolute Gasteiger partial charge is 0.230 e. The number of carbonyl (C=O) groups is 1. The highest BCUT2D eigenvalue weighted by molar-refractivity contribution is 7.99. The van der Waals surface area contributed by atoms with E-state index in [-0.39, 0.29) is 17.5 Å². The molecule has 0 unspecified atom stereocenters. The molecular formula is C18H16F2N4OS. The third-order valence-corrected chi connectivity index (χ3v) is 4.49. The summed E-state index contributed by atoms with van der Waals surface area (Å²) in [6.07, 6.45) is 0. The summed E-state index contributed by atoms with van der Waals surface area (Å²) >= 11 is 1.14. The van der Waals surface area contributed by atoms with Crippen LogP contribution < -0.4 is 5.32 Å². The SMILES string of the molecule is Cc1cc(CNC(=O)CSc2n[nH]c(-c3ccccc3F)n2)ccc1F. The molecule has 0 saturated heterocycles. The zero-order valence-corrected chi connectivity index (χ0v) is 14.7. The van der Waals surface area contributed by atoms with Gasteiger partial charge in [-0.15, -0.1) is 5.10 Å². The largest absolute Gasteiger partial charge is 0.351 e. The number of nitrogens with one attached hydrogen (secondary N) is 2. The van der Waals surface area contributed by atoms with Gasteiger partial charge in [0.15, 0.2) is 5.82 Å². The summed E-state index contributed by atoms with van der Waals surface area (Å²) in [5.74, 6) is -0.435. The maximum atomic E-state index is 13.7. The molecule has 1 heterocycles. The van der Waals surface area contributed by atoms with Gasteiger partial charge in [-0.2, -0.15) is 0 Å². The van der Waals surface area contributed by atoms with Gasteiger partial charge in [0.2, 0.25) is 11.1 Å². The van der Waals surface area contributed by atoms with Gasteiger partial charge in [0.05, 0.1) is 11.3 Å². The lowest BCUT2D eigenvalue weighted by atomic mass is 10.1. The van der Waals surface area contributed by atoms with Gasteiger partial charge in [0.25, 0.3) is 0 Å². The molecule has 0 fully saturated rings. The van der Waals surface area contributed by atoms with Gasteiger partial charge in [-0.3, -0.25) is 9.89 Å². The number of aromatic nitrogens is 3. The zero-order chi connectivity index (χ0) is 18.5. The van der Waals surface area contributed by atoms with E-state index in [2.05, 4.69) is 20.5 Å². The highest BCUT2D eigenvalue weighted by Gasteiger charge is 2.11. The monoisotopic (exact) mass is 374 g/mol. The van der Waals surface area contributed by atoms with Crippen molar-refractivity contribution in [3.63, 3.8) is 0 Å². The third kappa shape index (κ3) is 4.45. The Hall–Kier alpha value is -2.74. The lowest BCUT2D eigenvalue weighted by Crippen LogP contribution is -2.24. The molecule has 2 aromatic carbocycles. The second-order valence-corrected chi connectivity index (χ2v) is 6.54. The van der Waals surface area contributed by atoms with Crippen molar-refractivity contribution in [3.8, 4) is 11.4 Å². The van der Waals surface area contributed by atoms with Gasteiger partial charge in [0, 0.05) is 6.54 Å². The summed E-state index contributed by atoms with van der Waals surface area (Å²) in [6.45, 7) is 1.99. The van der Waals surface area contributed by atoms with Gasteiger partial charge >= 0.3 is 0 Å². The van der Waals surface area contributed by atoms with E-state index in [0.717, 1.165) is 17.3 Å². The molecule has 0 aliphatic rings. The Morgan fingerprint density at radius 1 is 1.19 bits per heavy atom. The molecule has 0 aliphatic heterocycles. The van der Waals surface area contributed by atoms with Crippen LogP contribution in [0.3, 0.4) is 0 Å². The molecular weight excluding hydrogens is 358 g/mol. The molecule has 3 rings (SSSR count). The average molecular weight is 374 g/mol. The zero-order valence-electron chi connectivity index (χ0n) is 13.9. The van der Waals surface area contributed by atoms with Crippen LogP contribution in [0.5, 0.6) is 0 Å². The summed E-state index contributed by atoms with van der Waals surface area (Å²) in [5.41, 5.74) is 1.68. The molecule has 0 aliphatic carbocycles. The summed E-state index contributed by atoms with van der Waals surface area (Å²) in [5, 5.41) is 9.76. The van der Waals surface area contributed by atoms with Crippen LogP contribution >= 0.6 is 11.8 Å². The first-order valence-corrected chi connectivity index (χ1v) is 8.83. The summed E-state index contributed by atoms with van der Waals surface area (Å²) in [7, 11) is 0. The van der Waals surface area contributed by atoms with Crippen molar-refractivity contribution < 1.29 is 13.6 Å². The first-order chi connectivity index (χ1) is 12.5. The van der Waals surface area contributed by atoms with Crippen LogP contribution in [-0.4, -0.2) is 26.8 Å². The van der Waals surface area contributed by atoms with Gasteiger partial charge < -0.3 is 5.32 Å². The molecule has 0 saturated carbocycles. The number of amides is 1. The van der Waals surface area contributed by atoms with Crippen LogP contribution in [0.25, 0.3) is 11.4 Å². The predicted molar refractivity (Wildman–Crippen MR) is 95.5 cm³/mol. The van der Waals surface area contributed by atoms with Gasteiger partial charge in [-0.25, -0.2) is 13.8 Å². The first kappa shape index (κ1) is 18.1. The third-order valence-electron chi connectivity index (χ3n) is 3.64. The van der Waals surface area contributed by atoms with Crippen molar-refractivity contribution in [2.24, 2.45) is 0 Å². The van der Waals surface area contributed by atoms with E-state index in [4.69, 9.17) is 0 Å². The number of halogens is 2. The standard InChI is InChI=1S/C18H16F2N4OS/c1-11-8-12(6-7-14(11)19)9-21-16(25)10-26-18-22-17(23-24-18)13-4-2-3-5-15(13)20/h2-8H,9-10H2,1H3,(H,21,25)(H,22,23,24). The normalized spacial score (nSPS) is 10.7. The molecule has 134 valence electrons. The van der Waals surface area contributed by atoms with Crippen LogP contribution in [0.15, 0.2) is 47.6 Å². The molecule has 5 nitrogen and oxygen atoms in total. The Balaban J connectivity index is 1.52. The highest BCUT2D eigenvalue weighted by Crippen LogP contribution is 2.21. The van der Waals surface area contributed by atoms with Crippen molar-refractivity contribution in [2.75, 3.05) is 5.75 Å². The van der Waals surface area contributed by atoms with Crippen LogP contribution in [-0.2, 0) is 11.3 Å². The van der Waals surface area contributed by atoms with Crippen molar-refractivity contribution >= 4 is 17.7 Å². The minimum absolute atomic E-state index is 0.120. The van der Waals surface area contributed by atoms with E-state index in [9.17, 15) is 13.6 Å². The number of carbonyl (C=O) groups excluding carboxylic acids is 1. The molecule has 3 aromatic rings. The Labute approximate surface area is 153 Å². The summed E-state index contributed by atoms with van der Waals surface area (Å²) in [4.78, 5) is 16.1. The summed E-state index contributed by atoms with van der Waals surface area (Å²) in [6, 6.07) is 10.9. The molecule has 1 aromatic heterocycles. The van der Waals surface area contributed by atoms with Crippen LogP contribution in [0.1, 0.15) is 11.1 Å². The molecule has 1 amide bonds. The number of hydrogen-bond donors (Lipinski definition) is 2. The van der Waals surface area contributed by atoms with Gasteiger partial charge in [0.1, 0.15) is 11.6 Å². The van der Waals surface area contributed by atoms with Crippen molar-refractivity contribution in [1.29, 1.82) is 0 Å². The predicted octanol–water partition coefficient (Wildman–Crippen LogP) is 3.47. The number of H-pyrrole nitrogens is 1. The van der Waals surface area contributed by atoms with E-state index in [1.54, 1.807) is 37.3 Å². The van der Waals surface area contributed by atoms with Crippen LogP contribution in [0.4, 0.5) is 8.78 Å². The van der Waals surface area contributed by atoms with E-state index in [0.29, 0.717) is 28.7 Å². The van der Waals surface area contributed by atoms with Crippen molar-refractivity contribution in [2.45, 2.75) is 18.6 Å². The van der Waals surface area contributed by atoms with E-state index in [1.165, 1.54) is 12.1 Å². The topological polar surface area (TPSA) is 70.7 Å². The first-order valence-electron chi connectivity index (χ1n) is 7.85. The highest BCUT2D eigenvalue weighted by atomic mass is 32.2. The van der Waals surface area contributed by atoms with Gasteiger partial charge in [-0.05, 0) is 36.2 Å².